The third-order valence-electron chi connectivity index (χ3n) is 3.72. The Labute approximate surface area is 113 Å². The van der Waals surface area contributed by atoms with Crippen molar-refractivity contribution in [1.82, 2.24) is 20.1 Å². The van der Waals surface area contributed by atoms with Gasteiger partial charge in [-0.25, -0.2) is 0 Å². The van der Waals surface area contributed by atoms with E-state index in [9.17, 15) is 0 Å². The van der Waals surface area contributed by atoms with Crippen LogP contribution in [0.15, 0.2) is 5.16 Å². The van der Waals surface area contributed by atoms with E-state index in [-0.39, 0.29) is 0 Å². The van der Waals surface area contributed by atoms with Crippen LogP contribution < -0.4 is 5.32 Å². The van der Waals surface area contributed by atoms with Gasteiger partial charge in [0, 0.05) is 25.3 Å². The van der Waals surface area contributed by atoms with E-state index >= 15 is 0 Å². The second-order valence-electron chi connectivity index (χ2n) is 5.36. The van der Waals surface area contributed by atoms with Crippen LogP contribution in [0.2, 0.25) is 0 Å². The van der Waals surface area contributed by atoms with Crippen molar-refractivity contribution in [2.24, 2.45) is 5.92 Å². The van der Waals surface area contributed by atoms with Gasteiger partial charge in [-0.05, 0) is 38.1 Å². The van der Waals surface area contributed by atoms with Gasteiger partial charge in [0.2, 0.25) is 0 Å². The zero-order valence-electron chi connectivity index (χ0n) is 10.9. The van der Waals surface area contributed by atoms with Crippen LogP contribution in [0.3, 0.4) is 0 Å². The van der Waals surface area contributed by atoms with E-state index in [1.165, 1.54) is 44.5 Å². The molecule has 1 aromatic heterocycles. The van der Waals surface area contributed by atoms with Crippen LogP contribution in [0.25, 0.3) is 0 Å². The van der Waals surface area contributed by atoms with Crippen LogP contribution >= 0.6 is 11.8 Å². The summed E-state index contributed by atoms with van der Waals surface area (Å²) in [6.45, 7) is 3.40. The van der Waals surface area contributed by atoms with Gasteiger partial charge < -0.3 is 9.88 Å². The van der Waals surface area contributed by atoms with Crippen LogP contribution in [0.1, 0.15) is 37.9 Å². The maximum atomic E-state index is 4.33. The Kier molecular flexibility index (Phi) is 4.20. The number of aromatic nitrogens is 3. The van der Waals surface area contributed by atoms with Crippen molar-refractivity contribution < 1.29 is 0 Å². The van der Waals surface area contributed by atoms with Crippen LogP contribution in [0, 0.1) is 5.92 Å². The predicted octanol–water partition coefficient (Wildman–Crippen LogP) is 2.10. The molecule has 1 aliphatic carbocycles. The SMILES string of the molecule is C1CCc2nnc(SCCNCC3CC3)n2CC1. The highest BCUT2D eigenvalue weighted by molar-refractivity contribution is 7.99. The van der Waals surface area contributed by atoms with Crippen LogP contribution in [-0.4, -0.2) is 33.6 Å². The average molecular weight is 266 g/mol. The molecule has 0 atom stereocenters. The number of nitrogens with zero attached hydrogens (tertiary/aromatic N) is 3. The molecule has 4 nitrogen and oxygen atoms in total. The molecule has 0 bridgehead atoms. The molecule has 0 saturated heterocycles. The van der Waals surface area contributed by atoms with Gasteiger partial charge in [0.15, 0.2) is 5.16 Å². The molecule has 1 saturated carbocycles. The number of rotatable bonds is 6. The van der Waals surface area contributed by atoms with E-state index in [0.29, 0.717) is 0 Å². The molecule has 0 spiro atoms. The van der Waals surface area contributed by atoms with E-state index in [1.54, 1.807) is 0 Å². The molecule has 3 rings (SSSR count). The molecule has 18 heavy (non-hydrogen) atoms. The Morgan fingerprint density at radius 1 is 1.22 bits per heavy atom. The summed E-state index contributed by atoms with van der Waals surface area (Å²) in [5.74, 6) is 3.27. The van der Waals surface area contributed by atoms with Crippen molar-refractivity contribution in [3.63, 3.8) is 0 Å². The summed E-state index contributed by atoms with van der Waals surface area (Å²) in [5.41, 5.74) is 0. The van der Waals surface area contributed by atoms with E-state index in [4.69, 9.17) is 0 Å². The summed E-state index contributed by atoms with van der Waals surface area (Å²) in [7, 11) is 0. The fourth-order valence-corrected chi connectivity index (χ4v) is 3.29. The second-order valence-corrected chi connectivity index (χ2v) is 6.42. The molecule has 0 aromatic carbocycles. The van der Waals surface area contributed by atoms with Crippen molar-refractivity contribution in [3.8, 4) is 0 Å². The minimum atomic E-state index is 0.972. The Bertz CT molecular complexity index is 386. The topological polar surface area (TPSA) is 42.7 Å². The number of nitrogens with one attached hydrogen (secondary N) is 1. The Morgan fingerprint density at radius 2 is 2.17 bits per heavy atom. The summed E-state index contributed by atoms with van der Waals surface area (Å²) in [5, 5.41) is 13.3. The van der Waals surface area contributed by atoms with Crippen LogP contribution in [0.5, 0.6) is 0 Å². The summed E-state index contributed by atoms with van der Waals surface area (Å²) < 4.78 is 2.33. The van der Waals surface area contributed by atoms with Gasteiger partial charge in [-0.2, -0.15) is 0 Å². The van der Waals surface area contributed by atoms with E-state index in [2.05, 4.69) is 20.1 Å². The molecule has 1 aliphatic heterocycles. The first-order valence-corrected chi connectivity index (χ1v) is 8.17. The highest BCUT2D eigenvalue weighted by Crippen LogP contribution is 2.27. The van der Waals surface area contributed by atoms with Crippen LogP contribution in [-0.2, 0) is 13.0 Å². The monoisotopic (exact) mass is 266 g/mol. The fourth-order valence-electron chi connectivity index (χ4n) is 2.41. The van der Waals surface area contributed by atoms with E-state index < -0.39 is 0 Å². The maximum Gasteiger partial charge on any atom is 0.191 e. The third kappa shape index (κ3) is 3.26. The number of hydrogen-bond donors (Lipinski definition) is 1. The third-order valence-corrected chi connectivity index (χ3v) is 4.68. The summed E-state index contributed by atoms with van der Waals surface area (Å²) in [4.78, 5) is 0. The van der Waals surface area contributed by atoms with Gasteiger partial charge in [0.25, 0.3) is 0 Å². The summed E-state index contributed by atoms with van der Waals surface area (Å²) in [6.07, 6.45) is 7.84. The Morgan fingerprint density at radius 3 is 3.06 bits per heavy atom. The zero-order valence-corrected chi connectivity index (χ0v) is 11.7. The molecule has 1 aromatic rings. The molecule has 1 N–H and O–H groups in total. The largest absolute Gasteiger partial charge is 0.316 e. The normalized spacial score (nSPS) is 19.6. The highest BCUT2D eigenvalue weighted by atomic mass is 32.2. The van der Waals surface area contributed by atoms with Gasteiger partial charge >= 0.3 is 0 Å². The molecule has 5 heteroatoms. The van der Waals surface area contributed by atoms with Gasteiger partial charge in [0.1, 0.15) is 5.82 Å². The van der Waals surface area contributed by atoms with Gasteiger partial charge in [-0.15, -0.1) is 10.2 Å². The molecular formula is C13H22N4S. The molecule has 2 heterocycles. The van der Waals surface area contributed by atoms with Gasteiger partial charge in [-0.1, -0.05) is 18.2 Å². The van der Waals surface area contributed by atoms with Crippen molar-refractivity contribution >= 4 is 11.8 Å². The summed E-state index contributed by atoms with van der Waals surface area (Å²) in [6, 6.07) is 0. The quantitative estimate of drug-likeness (QED) is 0.632. The van der Waals surface area contributed by atoms with Crippen molar-refractivity contribution in [3.05, 3.63) is 5.82 Å². The first-order valence-electron chi connectivity index (χ1n) is 7.19. The van der Waals surface area contributed by atoms with Crippen LogP contribution in [0.4, 0.5) is 0 Å². The van der Waals surface area contributed by atoms with Crippen molar-refractivity contribution in [1.29, 1.82) is 0 Å². The van der Waals surface area contributed by atoms with Gasteiger partial charge in [0.05, 0.1) is 0 Å². The fraction of sp³-hybridized carbons (Fsp3) is 0.846. The lowest BCUT2D eigenvalue weighted by Gasteiger charge is -2.06. The number of fused-ring (bicyclic) bond motifs is 1. The van der Waals surface area contributed by atoms with Crippen molar-refractivity contribution in [2.45, 2.75) is 50.2 Å². The predicted molar refractivity (Wildman–Crippen MR) is 73.9 cm³/mol. The molecular weight excluding hydrogens is 244 g/mol. The number of thioether (sulfide) groups is 1. The summed E-state index contributed by atoms with van der Waals surface area (Å²) >= 11 is 1.85. The van der Waals surface area contributed by atoms with Crippen molar-refractivity contribution in [2.75, 3.05) is 18.8 Å². The lowest BCUT2D eigenvalue weighted by Crippen LogP contribution is -2.19. The first kappa shape index (κ1) is 12.5. The van der Waals surface area contributed by atoms with E-state index in [0.717, 1.165) is 36.3 Å². The van der Waals surface area contributed by atoms with Gasteiger partial charge in [-0.3, -0.25) is 0 Å². The smallest absolute Gasteiger partial charge is 0.191 e. The highest BCUT2D eigenvalue weighted by Gasteiger charge is 2.20. The zero-order chi connectivity index (χ0) is 12.2. The Hall–Kier alpha value is -0.550. The second kappa shape index (κ2) is 6.06. The molecule has 100 valence electrons. The maximum absolute atomic E-state index is 4.33. The molecule has 1 fully saturated rings. The van der Waals surface area contributed by atoms with E-state index in [1.807, 2.05) is 11.8 Å². The Balaban J connectivity index is 1.45. The molecule has 0 unspecified atom stereocenters. The molecule has 2 aliphatic rings. The first-order chi connectivity index (χ1) is 8.93. The lowest BCUT2D eigenvalue weighted by atomic mass is 10.2. The number of hydrogen-bond acceptors (Lipinski definition) is 4. The minimum Gasteiger partial charge on any atom is -0.316 e. The standard InChI is InChI=1S/C13H22N4S/c1-2-4-12-15-16-13(17(12)8-3-1)18-9-7-14-10-11-5-6-11/h11,14H,1-10H2. The lowest BCUT2D eigenvalue weighted by molar-refractivity contribution is 0.590. The molecule has 0 radical (unpaired) electrons. The number of aryl methyl sites for hydroxylation is 1. The minimum absolute atomic E-state index is 0.972. The molecule has 0 amide bonds. The average Bonchev–Trinajstić information content (AvgIpc) is 3.16.